The van der Waals surface area contributed by atoms with Crippen LogP contribution in [0.2, 0.25) is 4.34 Å². The Morgan fingerprint density at radius 3 is 2.42 bits per heavy atom. The number of hydrogen-bond acceptors (Lipinski definition) is 5. The van der Waals surface area contributed by atoms with Crippen molar-refractivity contribution in [3.63, 3.8) is 0 Å². The smallest absolute Gasteiger partial charge is 0.247 e. The molecule has 1 saturated heterocycles. The highest BCUT2D eigenvalue weighted by molar-refractivity contribution is 7.91. The topological polar surface area (TPSA) is 75.4 Å². The van der Waals surface area contributed by atoms with Gasteiger partial charge < -0.3 is 5.32 Å². The fraction of sp³-hybridized carbons (Fsp3) is 0.444. The molecular weight excluding hydrogens is 390 g/mol. The number of nitrogens with one attached hydrogen (secondary N) is 1. The van der Waals surface area contributed by atoms with Crippen LogP contribution < -0.4 is 10.5 Å². The maximum absolute atomic E-state index is 11.5. The molecule has 2 unspecified atom stereocenters. The minimum Gasteiger partial charge on any atom is -0.380 e. The SMILES string of the molecule is NS(=O)(=O)c1cc(NC2C3CCC2CN(Cc2ccccc2)C3)c(Cl)s1. The van der Waals surface area contributed by atoms with Gasteiger partial charge in [0.05, 0.1) is 5.69 Å². The van der Waals surface area contributed by atoms with Crippen molar-refractivity contribution in [2.24, 2.45) is 17.0 Å². The first-order valence-corrected chi connectivity index (χ1v) is 11.5. The maximum Gasteiger partial charge on any atom is 0.247 e. The van der Waals surface area contributed by atoms with Crippen LogP contribution in [-0.2, 0) is 16.6 Å². The van der Waals surface area contributed by atoms with Gasteiger partial charge in [0, 0.05) is 25.7 Å². The first kappa shape index (κ1) is 18.3. The van der Waals surface area contributed by atoms with Gasteiger partial charge in [0.1, 0.15) is 8.55 Å². The lowest BCUT2D eigenvalue weighted by atomic mass is 9.91. The molecule has 1 aliphatic carbocycles. The van der Waals surface area contributed by atoms with E-state index in [2.05, 4.69) is 34.5 Å². The highest BCUT2D eigenvalue weighted by Crippen LogP contribution is 2.42. The number of nitrogens with zero attached hydrogens (tertiary/aromatic N) is 1. The van der Waals surface area contributed by atoms with Crippen LogP contribution in [-0.4, -0.2) is 32.4 Å². The summed E-state index contributed by atoms with van der Waals surface area (Å²) < 4.78 is 23.7. The Morgan fingerprint density at radius 2 is 1.85 bits per heavy atom. The zero-order valence-corrected chi connectivity index (χ0v) is 16.7. The zero-order chi connectivity index (χ0) is 18.3. The Balaban J connectivity index is 1.45. The molecule has 4 rings (SSSR count). The van der Waals surface area contributed by atoms with E-state index in [-0.39, 0.29) is 4.21 Å². The normalized spacial score (nSPS) is 26.2. The minimum absolute atomic E-state index is 0.110. The number of anilines is 1. The van der Waals surface area contributed by atoms with Crippen molar-refractivity contribution in [3.8, 4) is 0 Å². The van der Waals surface area contributed by atoms with Crippen molar-refractivity contribution < 1.29 is 8.42 Å². The van der Waals surface area contributed by atoms with Gasteiger partial charge in [-0.1, -0.05) is 41.9 Å². The number of fused-ring (bicyclic) bond motifs is 2. The maximum atomic E-state index is 11.5. The monoisotopic (exact) mass is 411 g/mol. The van der Waals surface area contributed by atoms with E-state index in [1.54, 1.807) is 6.07 Å². The second-order valence-corrected chi connectivity index (χ2v) is 10.7. The van der Waals surface area contributed by atoms with E-state index in [9.17, 15) is 8.42 Å². The standard InChI is InChI=1S/C18H22ClN3O2S2/c19-18-15(8-16(25-18)26(20,23)24)21-17-13-6-7-14(17)11-22(10-13)9-12-4-2-1-3-5-12/h1-5,8,13-14,17,21H,6-7,9-11H2,(H2,20,23,24). The van der Waals surface area contributed by atoms with E-state index in [1.807, 2.05) is 6.07 Å². The predicted octanol–water partition coefficient (Wildman–Crippen LogP) is 3.37. The number of sulfonamides is 1. The molecular formula is C18H22ClN3O2S2. The summed E-state index contributed by atoms with van der Waals surface area (Å²) in [4.78, 5) is 2.53. The molecule has 2 aromatic rings. The number of thiophene rings is 1. The number of hydrogen-bond donors (Lipinski definition) is 2. The third kappa shape index (κ3) is 3.77. The van der Waals surface area contributed by atoms with Crippen LogP contribution in [0.4, 0.5) is 5.69 Å². The number of nitrogens with two attached hydrogens (primary N) is 1. The fourth-order valence-corrected chi connectivity index (χ4v) is 6.37. The van der Waals surface area contributed by atoms with Crippen molar-refractivity contribution in [2.45, 2.75) is 29.6 Å². The summed E-state index contributed by atoms with van der Waals surface area (Å²) in [5, 5.41) is 8.74. The molecule has 1 aromatic heterocycles. The summed E-state index contributed by atoms with van der Waals surface area (Å²) in [7, 11) is -3.71. The number of benzene rings is 1. The van der Waals surface area contributed by atoms with E-state index >= 15 is 0 Å². The van der Waals surface area contributed by atoms with Crippen LogP contribution in [0.3, 0.4) is 0 Å². The molecule has 140 valence electrons. The van der Waals surface area contributed by atoms with Crippen molar-refractivity contribution in [2.75, 3.05) is 18.4 Å². The minimum atomic E-state index is -3.71. The van der Waals surface area contributed by atoms with Crippen molar-refractivity contribution in [1.82, 2.24) is 4.90 Å². The van der Waals surface area contributed by atoms with E-state index in [1.165, 1.54) is 18.4 Å². The summed E-state index contributed by atoms with van der Waals surface area (Å²) in [5.74, 6) is 1.10. The van der Waals surface area contributed by atoms with E-state index in [4.69, 9.17) is 16.7 Å². The molecule has 1 aromatic carbocycles. The summed E-state index contributed by atoms with van der Waals surface area (Å²) >= 11 is 7.26. The summed E-state index contributed by atoms with van der Waals surface area (Å²) in [6, 6.07) is 12.5. The predicted molar refractivity (Wildman–Crippen MR) is 106 cm³/mol. The molecule has 1 aliphatic heterocycles. The van der Waals surface area contributed by atoms with Crippen LogP contribution >= 0.6 is 22.9 Å². The van der Waals surface area contributed by atoms with E-state index < -0.39 is 10.0 Å². The molecule has 2 atom stereocenters. The van der Waals surface area contributed by atoms with Gasteiger partial charge in [-0.25, -0.2) is 13.6 Å². The quantitative estimate of drug-likeness (QED) is 0.790. The van der Waals surface area contributed by atoms with Crippen molar-refractivity contribution in [1.29, 1.82) is 0 Å². The first-order chi connectivity index (χ1) is 12.4. The molecule has 26 heavy (non-hydrogen) atoms. The lowest BCUT2D eigenvalue weighted by Crippen LogP contribution is -2.47. The van der Waals surface area contributed by atoms with Gasteiger partial charge in [-0.3, -0.25) is 4.90 Å². The highest BCUT2D eigenvalue weighted by atomic mass is 35.5. The van der Waals surface area contributed by atoms with Gasteiger partial charge in [0.15, 0.2) is 0 Å². The third-order valence-electron chi connectivity index (χ3n) is 5.43. The van der Waals surface area contributed by atoms with Crippen molar-refractivity contribution >= 4 is 38.6 Å². The van der Waals surface area contributed by atoms with Gasteiger partial charge in [0.25, 0.3) is 0 Å². The molecule has 8 heteroatoms. The van der Waals surface area contributed by atoms with Crippen LogP contribution in [0.15, 0.2) is 40.6 Å². The number of likely N-dealkylation sites (tertiary alicyclic amines) is 1. The molecule has 2 bridgehead atoms. The first-order valence-electron chi connectivity index (χ1n) is 8.75. The molecule has 3 N–H and O–H groups in total. The van der Waals surface area contributed by atoms with Crippen molar-refractivity contribution in [3.05, 3.63) is 46.3 Å². The number of primary sulfonamides is 1. The Kier molecular flexibility index (Phi) is 5.00. The zero-order valence-electron chi connectivity index (χ0n) is 14.3. The lowest BCUT2D eigenvalue weighted by Gasteiger charge is -2.38. The molecule has 0 radical (unpaired) electrons. The molecule has 1 saturated carbocycles. The van der Waals surface area contributed by atoms with E-state index in [0.29, 0.717) is 27.9 Å². The van der Waals surface area contributed by atoms with Gasteiger partial charge >= 0.3 is 0 Å². The largest absolute Gasteiger partial charge is 0.380 e. The number of rotatable bonds is 5. The fourth-order valence-electron chi connectivity index (χ4n) is 4.29. The molecule has 2 aliphatic rings. The van der Waals surface area contributed by atoms with Gasteiger partial charge in [-0.15, -0.1) is 11.3 Å². The van der Waals surface area contributed by atoms with Crippen LogP contribution in [0, 0.1) is 11.8 Å². The number of halogens is 1. The molecule has 0 spiro atoms. The average molecular weight is 412 g/mol. The molecule has 2 heterocycles. The molecule has 2 fully saturated rings. The van der Waals surface area contributed by atoms with Crippen LogP contribution in [0.25, 0.3) is 0 Å². The number of piperidine rings is 1. The highest BCUT2D eigenvalue weighted by Gasteiger charge is 2.42. The Morgan fingerprint density at radius 1 is 1.19 bits per heavy atom. The Bertz CT molecular complexity index is 871. The second-order valence-electron chi connectivity index (χ2n) is 7.25. The second kappa shape index (κ2) is 7.13. The van der Waals surface area contributed by atoms with E-state index in [0.717, 1.165) is 31.0 Å². The summed E-state index contributed by atoms with van der Waals surface area (Å²) in [5.41, 5.74) is 2.04. The Labute approximate surface area is 163 Å². The van der Waals surface area contributed by atoms with Crippen LogP contribution in [0.1, 0.15) is 18.4 Å². The molecule has 0 amide bonds. The molecule has 5 nitrogen and oxygen atoms in total. The van der Waals surface area contributed by atoms with Gasteiger partial charge in [-0.2, -0.15) is 0 Å². The van der Waals surface area contributed by atoms with Gasteiger partial charge in [0.2, 0.25) is 10.0 Å². The lowest BCUT2D eigenvalue weighted by molar-refractivity contribution is 0.148. The summed E-state index contributed by atoms with van der Waals surface area (Å²) in [6.07, 6.45) is 2.38. The average Bonchev–Trinajstić information content (AvgIpc) is 3.06. The van der Waals surface area contributed by atoms with Crippen LogP contribution in [0.5, 0.6) is 0 Å². The summed E-state index contributed by atoms with van der Waals surface area (Å²) in [6.45, 7) is 3.08. The third-order valence-corrected chi connectivity index (χ3v) is 8.20. The Hall–Kier alpha value is -1.12. The van der Waals surface area contributed by atoms with Gasteiger partial charge in [-0.05, 0) is 36.3 Å².